The van der Waals surface area contributed by atoms with Gasteiger partial charge in [-0.25, -0.2) is 0 Å². The van der Waals surface area contributed by atoms with Crippen molar-refractivity contribution in [3.63, 3.8) is 0 Å². The predicted octanol–water partition coefficient (Wildman–Crippen LogP) is 4.81. The highest BCUT2D eigenvalue weighted by atomic mass is 35.5. The number of nitrogens with two attached hydrogens (primary N) is 1. The lowest BCUT2D eigenvalue weighted by Crippen LogP contribution is -2.06. The van der Waals surface area contributed by atoms with E-state index in [1.54, 1.807) is 18.2 Å². The third kappa shape index (κ3) is 2.96. The van der Waals surface area contributed by atoms with Crippen molar-refractivity contribution in [2.45, 2.75) is 13.0 Å². The van der Waals surface area contributed by atoms with Crippen LogP contribution in [0.1, 0.15) is 18.5 Å². The summed E-state index contributed by atoms with van der Waals surface area (Å²) in [6.07, 6.45) is 0. The lowest BCUT2D eigenvalue weighted by molar-refractivity contribution is 0.472. The summed E-state index contributed by atoms with van der Waals surface area (Å²) in [4.78, 5) is 0. The predicted molar refractivity (Wildman–Crippen MR) is 75.6 cm³/mol. The van der Waals surface area contributed by atoms with E-state index in [1.165, 1.54) is 0 Å². The van der Waals surface area contributed by atoms with Crippen molar-refractivity contribution in [3.8, 4) is 11.5 Å². The van der Waals surface area contributed by atoms with Gasteiger partial charge in [0.25, 0.3) is 0 Å². The molecule has 0 aliphatic rings. The molecule has 2 aromatic rings. The van der Waals surface area contributed by atoms with Crippen molar-refractivity contribution in [2.24, 2.45) is 5.73 Å². The van der Waals surface area contributed by atoms with E-state index in [2.05, 4.69) is 0 Å². The summed E-state index contributed by atoms with van der Waals surface area (Å²) in [6, 6.07) is 12.6. The molecule has 0 unspecified atom stereocenters. The number of benzene rings is 2. The fraction of sp³-hybridized carbons (Fsp3) is 0.143. The van der Waals surface area contributed by atoms with Gasteiger partial charge in [-0.05, 0) is 25.1 Å². The molecule has 0 aliphatic carbocycles. The number of hydrogen-bond donors (Lipinski definition) is 1. The summed E-state index contributed by atoms with van der Waals surface area (Å²) in [6.45, 7) is 1.90. The second-order valence-electron chi connectivity index (χ2n) is 4.00. The summed E-state index contributed by atoms with van der Waals surface area (Å²) >= 11 is 12.0. The van der Waals surface area contributed by atoms with Crippen molar-refractivity contribution in [2.75, 3.05) is 0 Å². The molecule has 2 N–H and O–H groups in total. The molecule has 0 spiro atoms. The maximum Gasteiger partial charge on any atom is 0.147 e. The van der Waals surface area contributed by atoms with E-state index in [0.29, 0.717) is 21.5 Å². The maximum absolute atomic E-state index is 6.06. The van der Waals surface area contributed by atoms with Gasteiger partial charge in [0.15, 0.2) is 0 Å². The van der Waals surface area contributed by atoms with E-state index in [0.717, 1.165) is 5.56 Å². The van der Waals surface area contributed by atoms with Crippen molar-refractivity contribution in [1.82, 2.24) is 0 Å². The monoisotopic (exact) mass is 281 g/mol. The average Bonchev–Trinajstić information content (AvgIpc) is 2.34. The molecule has 0 saturated carbocycles. The third-order valence-corrected chi connectivity index (χ3v) is 3.07. The minimum atomic E-state index is -0.112. The van der Waals surface area contributed by atoms with Gasteiger partial charge in [-0.3, -0.25) is 0 Å². The van der Waals surface area contributed by atoms with Crippen LogP contribution in [0.3, 0.4) is 0 Å². The van der Waals surface area contributed by atoms with Crippen LogP contribution in [0.15, 0.2) is 42.5 Å². The zero-order valence-corrected chi connectivity index (χ0v) is 11.4. The second-order valence-corrected chi connectivity index (χ2v) is 4.85. The molecule has 4 heteroatoms. The minimum absolute atomic E-state index is 0.112. The third-order valence-electron chi connectivity index (χ3n) is 2.52. The van der Waals surface area contributed by atoms with Crippen LogP contribution in [-0.4, -0.2) is 0 Å². The molecule has 94 valence electrons. The van der Waals surface area contributed by atoms with Crippen LogP contribution >= 0.6 is 23.2 Å². The largest absolute Gasteiger partial charge is 0.455 e. The first-order valence-corrected chi connectivity index (χ1v) is 6.31. The summed E-state index contributed by atoms with van der Waals surface area (Å²) < 4.78 is 5.79. The van der Waals surface area contributed by atoms with E-state index < -0.39 is 0 Å². The van der Waals surface area contributed by atoms with Crippen LogP contribution < -0.4 is 10.5 Å². The number of para-hydroxylation sites is 1. The Balaban J connectivity index is 2.37. The van der Waals surface area contributed by atoms with E-state index in [9.17, 15) is 0 Å². The number of hydrogen-bond acceptors (Lipinski definition) is 2. The molecule has 2 aromatic carbocycles. The summed E-state index contributed by atoms with van der Waals surface area (Å²) in [7, 11) is 0. The topological polar surface area (TPSA) is 35.2 Å². The fourth-order valence-corrected chi connectivity index (χ4v) is 1.94. The molecule has 0 aromatic heterocycles. The van der Waals surface area contributed by atoms with Gasteiger partial charge in [0.1, 0.15) is 11.5 Å². The molecule has 0 aliphatic heterocycles. The highest BCUT2D eigenvalue weighted by molar-refractivity contribution is 6.34. The zero-order valence-electron chi connectivity index (χ0n) is 9.86. The Kier molecular flexibility index (Phi) is 4.12. The Hall–Kier alpha value is -1.22. The molecular formula is C14H13Cl2NO. The molecule has 2 rings (SSSR count). The first-order chi connectivity index (χ1) is 8.58. The molecule has 0 saturated heterocycles. The first kappa shape index (κ1) is 13.2. The van der Waals surface area contributed by atoms with Crippen LogP contribution in [0.25, 0.3) is 0 Å². The molecule has 0 amide bonds. The Labute approximate surface area is 116 Å². The summed E-state index contributed by atoms with van der Waals surface area (Å²) in [5.74, 6) is 1.22. The molecule has 0 bridgehead atoms. The highest BCUT2D eigenvalue weighted by Gasteiger charge is 2.10. The quantitative estimate of drug-likeness (QED) is 0.877. The van der Waals surface area contributed by atoms with E-state index >= 15 is 0 Å². The lowest BCUT2D eigenvalue weighted by Gasteiger charge is -2.14. The normalized spacial score (nSPS) is 12.2. The molecule has 0 heterocycles. The van der Waals surface area contributed by atoms with Gasteiger partial charge < -0.3 is 10.5 Å². The SMILES string of the molecule is C[C@H](N)c1ccccc1Oc1cc(Cl)ccc1Cl. The number of halogens is 2. The Morgan fingerprint density at radius 3 is 2.50 bits per heavy atom. The van der Waals surface area contributed by atoms with Crippen LogP contribution in [-0.2, 0) is 0 Å². The van der Waals surface area contributed by atoms with Crippen molar-refractivity contribution in [3.05, 3.63) is 58.1 Å². The highest BCUT2D eigenvalue weighted by Crippen LogP contribution is 2.34. The van der Waals surface area contributed by atoms with Gasteiger partial charge in [-0.1, -0.05) is 41.4 Å². The van der Waals surface area contributed by atoms with E-state index in [-0.39, 0.29) is 6.04 Å². The first-order valence-electron chi connectivity index (χ1n) is 5.55. The number of ether oxygens (including phenoxy) is 1. The van der Waals surface area contributed by atoms with Crippen LogP contribution in [0.2, 0.25) is 10.0 Å². The molecule has 2 nitrogen and oxygen atoms in total. The summed E-state index contributed by atoms with van der Waals surface area (Å²) in [5.41, 5.74) is 6.82. The van der Waals surface area contributed by atoms with Gasteiger partial charge >= 0.3 is 0 Å². The Morgan fingerprint density at radius 2 is 1.78 bits per heavy atom. The average molecular weight is 282 g/mol. The standard InChI is InChI=1S/C14H13Cl2NO/c1-9(17)11-4-2-3-5-13(11)18-14-8-10(15)6-7-12(14)16/h2-9H,17H2,1H3/t9-/m0/s1. The summed E-state index contributed by atoms with van der Waals surface area (Å²) in [5, 5.41) is 1.09. The van der Waals surface area contributed by atoms with E-state index in [1.807, 2.05) is 31.2 Å². The fourth-order valence-electron chi connectivity index (χ4n) is 1.62. The van der Waals surface area contributed by atoms with Gasteiger partial charge in [0.05, 0.1) is 5.02 Å². The number of rotatable bonds is 3. The Bertz CT molecular complexity index is 555. The van der Waals surface area contributed by atoms with Crippen molar-refractivity contribution < 1.29 is 4.74 Å². The Morgan fingerprint density at radius 1 is 1.06 bits per heavy atom. The van der Waals surface area contributed by atoms with Crippen LogP contribution in [0, 0.1) is 0 Å². The zero-order chi connectivity index (χ0) is 13.1. The molecule has 18 heavy (non-hydrogen) atoms. The van der Waals surface area contributed by atoms with Gasteiger partial charge in [0, 0.05) is 22.7 Å². The van der Waals surface area contributed by atoms with Crippen LogP contribution in [0.5, 0.6) is 11.5 Å². The van der Waals surface area contributed by atoms with Crippen molar-refractivity contribution in [1.29, 1.82) is 0 Å². The smallest absolute Gasteiger partial charge is 0.147 e. The molecule has 1 atom stereocenters. The van der Waals surface area contributed by atoms with Gasteiger partial charge in [0.2, 0.25) is 0 Å². The van der Waals surface area contributed by atoms with Gasteiger partial charge in [-0.15, -0.1) is 0 Å². The molecule has 0 fully saturated rings. The lowest BCUT2D eigenvalue weighted by atomic mass is 10.1. The molecular weight excluding hydrogens is 269 g/mol. The minimum Gasteiger partial charge on any atom is -0.455 e. The van der Waals surface area contributed by atoms with Crippen molar-refractivity contribution >= 4 is 23.2 Å². The van der Waals surface area contributed by atoms with Gasteiger partial charge in [-0.2, -0.15) is 0 Å². The van der Waals surface area contributed by atoms with E-state index in [4.69, 9.17) is 33.7 Å². The molecule has 0 radical (unpaired) electrons. The van der Waals surface area contributed by atoms with Crippen LogP contribution in [0.4, 0.5) is 0 Å². The maximum atomic E-state index is 6.06. The second kappa shape index (κ2) is 5.61.